The number of hydrogen-bond acceptors (Lipinski definition) is 2. The Balaban J connectivity index is 1.90. The van der Waals surface area contributed by atoms with Crippen molar-refractivity contribution in [2.24, 2.45) is 0 Å². The van der Waals surface area contributed by atoms with Gasteiger partial charge in [-0.3, -0.25) is 0 Å². The van der Waals surface area contributed by atoms with Gasteiger partial charge in [0.1, 0.15) is 5.75 Å². The molecule has 0 aromatic heterocycles. The van der Waals surface area contributed by atoms with Crippen molar-refractivity contribution in [3.05, 3.63) is 71.8 Å². The standard InChI is InChI=1S/C21H19NO/c1-2-23-21-13-15(22)10-11-19(21)18-9-5-8-17-16-7-4-3-6-14(16)12-20(17)18/h3-11,13H,2,12,22H2,1H3. The van der Waals surface area contributed by atoms with Gasteiger partial charge in [-0.25, -0.2) is 0 Å². The Hall–Kier alpha value is -2.74. The van der Waals surface area contributed by atoms with E-state index in [0.29, 0.717) is 6.61 Å². The van der Waals surface area contributed by atoms with Gasteiger partial charge >= 0.3 is 0 Å². The average molecular weight is 301 g/mol. The lowest BCUT2D eigenvalue weighted by Crippen LogP contribution is -1.97. The molecule has 0 unspecified atom stereocenters. The van der Waals surface area contributed by atoms with Crippen LogP contribution in [0, 0.1) is 0 Å². The molecule has 0 amide bonds. The molecule has 3 aromatic carbocycles. The van der Waals surface area contributed by atoms with Gasteiger partial charge in [0.2, 0.25) is 0 Å². The molecule has 0 heterocycles. The van der Waals surface area contributed by atoms with Crippen molar-refractivity contribution in [3.63, 3.8) is 0 Å². The van der Waals surface area contributed by atoms with Gasteiger partial charge in [-0.2, -0.15) is 0 Å². The number of rotatable bonds is 3. The molecule has 2 nitrogen and oxygen atoms in total. The van der Waals surface area contributed by atoms with Crippen molar-refractivity contribution in [1.29, 1.82) is 0 Å². The SMILES string of the molecule is CCOc1cc(N)ccc1-c1cccc2c1Cc1ccccc1-2. The van der Waals surface area contributed by atoms with Crippen LogP contribution in [0.1, 0.15) is 18.1 Å². The third-order valence-electron chi connectivity index (χ3n) is 4.45. The zero-order valence-electron chi connectivity index (χ0n) is 13.2. The molecule has 1 aliphatic rings. The first kappa shape index (κ1) is 13.9. The number of anilines is 1. The maximum atomic E-state index is 5.94. The molecular weight excluding hydrogens is 282 g/mol. The molecule has 0 aliphatic heterocycles. The summed E-state index contributed by atoms with van der Waals surface area (Å²) in [6.45, 7) is 2.63. The summed E-state index contributed by atoms with van der Waals surface area (Å²) >= 11 is 0. The minimum atomic E-state index is 0.631. The fraction of sp³-hybridized carbons (Fsp3) is 0.143. The highest BCUT2D eigenvalue weighted by molar-refractivity contribution is 5.86. The molecule has 1 aliphatic carbocycles. The second kappa shape index (κ2) is 5.47. The lowest BCUT2D eigenvalue weighted by Gasteiger charge is -2.14. The fourth-order valence-electron chi connectivity index (χ4n) is 3.45. The molecule has 0 spiro atoms. The zero-order valence-corrected chi connectivity index (χ0v) is 13.2. The van der Waals surface area contributed by atoms with Gasteiger partial charge in [0.05, 0.1) is 6.61 Å². The predicted molar refractivity (Wildman–Crippen MR) is 95.7 cm³/mol. The summed E-state index contributed by atoms with van der Waals surface area (Å²) in [5.74, 6) is 0.858. The van der Waals surface area contributed by atoms with Gasteiger partial charge < -0.3 is 10.5 Å². The van der Waals surface area contributed by atoms with Crippen LogP contribution in [0.25, 0.3) is 22.3 Å². The number of benzene rings is 3. The molecule has 0 atom stereocenters. The predicted octanol–water partition coefficient (Wildman–Crippen LogP) is 4.91. The molecule has 0 saturated carbocycles. The Bertz CT molecular complexity index is 883. The summed E-state index contributed by atoms with van der Waals surface area (Å²) in [6, 6.07) is 21.1. The van der Waals surface area contributed by atoms with Gasteiger partial charge in [-0.1, -0.05) is 42.5 Å². The van der Waals surface area contributed by atoms with Crippen LogP contribution in [0.15, 0.2) is 60.7 Å². The summed E-state index contributed by atoms with van der Waals surface area (Å²) in [5, 5.41) is 0. The number of nitrogen functional groups attached to an aromatic ring is 1. The van der Waals surface area contributed by atoms with Crippen molar-refractivity contribution in [1.82, 2.24) is 0 Å². The Kier molecular flexibility index (Phi) is 3.30. The summed E-state index contributed by atoms with van der Waals surface area (Å²) in [4.78, 5) is 0. The minimum absolute atomic E-state index is 0.631. The summed E-state index contributed by atoms with van der Waals surface area (Å²) in [5.41, 5.74) is 14.5. The van der Waals surface area contributed by atoms with E-state index in [9.17, 15) is 0 Å². The van der Waals surface area contributed by atoms with Crippen LogP contribution < -0.4 is 10.5 Å². The van der Waals surface area contributed by atoms with E-state index in [2.05, 4.69) is 48.5 Å². The van der Waals surface area contributed by atoms with Crippen molar-refractivity contribution in [3.8, 4) is 28.0 Å². The van der Waals surface area contributed by atoms with Gasteiger partial charge in [0.15, 0.2) is 0 Å². The molecule has 2 N–H and O–H groups in total. The van der Waals surface area contributed by atoms with Crippen LogP contribution in [0.4, 0.5) is 5.69 Å². The Labute approximate surface area is 136 Å². The summed E-state index contributed by atoms with van der Waals surface area (Å²) < 4.78 is 5.83. The quantitative estimate of drug-likeness (QED) is 0.546. The van der Waals surface area contributed by atoms with Crippen LogP contribution in [-0.2, 0) is 6.42 Å². The number of nitrogens with two attached hydrogens (primary N) is 1. The molecule has 0 saturated heterocycles. The Morgan fingerprint density at radius 2 is 1.61 bits per heavy atom. The van der Waals surface area contributed by atoms with E-state index in [0.717, 1.165) is 23.4 Å². The molecule has 0 radical (unpaired) electrons. The third-order valence-corrected chi connectivity index (χ3v) is 4.45. The average Bonchev–Trinajstić information content (AvgIpc) is 2.94. The van der Waals surface area contributed by atoms with Crippen molar-refractivity contribution in [2.45, 2.75) is 13.3 Å². The van der Waals surface area contributed by atoms with Crippen molar-refractivity contribution in [2.75, 3.05) is 12.3 Å². The smallest absolute Gasteiger partial charge is 0.129 e. The van der Waals surface area contributed by atoms with Crippen LogP contribution >= 0.6 is 0 Å². The zero-order chi connectivity index (χ0) is 15.8. The molecule has 0 bridgehead atoms. The first-order valence-electron chi connectivity index (χ1n) is 8.01. The second-order valence-electron chi connectivity index (χ2n) is 5.85. The van der Waals surface area contributed by atoms with E-state index < -0.39 is 0 Å². The van der Waals surface area contributed by atoms with Crippen LogP contribution in [0.5, 0.6) is 5.75 Å². The molecule has 2 heteroatoms. The van der Waals surface area contributed by atoms with E-state index in [1.807, 2.05) is 19.1 Å². The van der Waals surface area contributed by atoms with E-state index in [1.54, 1.807) is 0 Å². The summed E-state index contributed by atoms with van der Waals surface area (Å²) in [6.07, 6.45) is 0.970. The molecular formula is C21H19NO. The monoisotopic (exact) mass is 301 g/mol. The van der Waals surface area contributed by atoms with Gasteiger partial charge in [-0.05, 0) is 53.3 Å². The highest BCUT2D eigenvalue weighted by atomic mass is 16.5. The molecule has 3 aromatic rings. The second-order valence-corrected chi connectivity index (χ2v) is 5.85. The number of hydrogen-bond donors (Lipinski definition) is 1. The Morgan fingerprint density at radius 3 is 2.43 bits per heavy atom. The topological polar surface area (TPSA) is 35.2 Å². The van der Waals surface area contributed by atoms with E-state index >= 15 is 0 Å². The molecule has 23 heavy (non-hydrogen) atoms. The normalized spacial score (nSPS) is 11.9. The largest absolute Gasteiger partial charge is 0.493 e. The van der Waals surface area contributed by atoms with Crippen LogP contribution in [-0.4, -0.2) is 6.61 Å². The van der Waals surface area contributed by atoms with Crippen LogP contribution in [0.3, 0.4) is 0 Å². The van der Waals surface area contributed by atoms with Gasteiger partial charge in [0, 0.05) is 17.3 Å². The lowest BCUT2D eigenvalue weighted by atomic mass is 9.95. The van der Waals surface area contributed by atoms with E-state index in [1.165, 1.54) is 27.8 Å². The fourth-order valence-corrected chi connectivity index (χ4v) is 3.45. The van der Waals surface area contributed by atoms with E-state index in [-0.39, 0.29) is 0 Å². The van der Waals surface area contributed by atoms with Crippen molar-refractivity contribution < 1.29 is 4.74 Å². The number of ether oxygens (including phenoxy) is 1. The highest BCUT2D eigenvalue weighted by Crippen LogP contribution is 2.43. The highest BCUT2D eigenvalue weighted by Gasteiger charge is 2.22. The van der Waals surface area contributed by atoms with Gasteiger partial charge in [-0.15, -0.1) is 0 Å². The maximum absolute atomic E-state index is 5.94. The number of fused-ring (bicyclic) bond motifs is 3. The van der Waals surface area contributed by atoms with Gasteiger partial charge in [0.25, 0.3) is 0 Å². The molecule has 0 fully saturated rings. The third kappa shape index (κ3) is 2.27. The van der Waals surface area contributed by atoms with Crippen molar-refractivity contribution >= 4 is 5.69 Å². The first-order chi connectivity index (χ1) is 11.3. The maximum Gasteiger partial charge on any atom is 0.129 e. The Morgan fingerprint density at radius 1 is 0.870 bits per heavy atom. The van der Waals surface area contributed by atoms with E-state index in [4.69, 9.17) is 10.5 Å². The lowest BCUT2D eigenvalue weighted by molar-refractivity contribution is 0.342. The first-order valence-corrected chi connectivity index (χ1v) is 8.01. The molecule has 114 valence electrons. The molecule has 4 rings (SSSR count). The van der Waals surface area contributed by atoms with Crippen LogP contribution in [0.2, 0.25) is 0 Å². The summed E-state index contributed by atoms with van der Waals surface area (Å²) in [7, 11) is 0. The minimum Gasteiger partial charge on any atom is -0.493 e.